The van der Waals surface area contributed by atoms with Crippen molar-refractivity contribution < 1.29 is 13.2 Å². The highest BCUT2D eigenvalue weighted by Crippen LogP contribution is 1.98. The van der Waals surface area contributed by atoms with Gasteiger partial charge in [0.1, 0.15) is 0 Å². The Morgan fingerprint density at radius 1 is 0.679 bits per heavy atom. The summed E-state index contributed by atoms with van der Waals surface area (Å²) in [5.74, 6) is -0.470. The van der Waals surface area contributed by atoms with Crippen molar-refractivity contribution >= 4 is 15.9 Å². The Balaban J connectivity index is 3.64. The third kappa shape index (κ3) is 21.9. The lowest BCUT2D eigenvalue weighted by atomic mass is 10.2. The van der Waals surface area contributed by atoms with E-state index in [0.717, 1.165) is 44.8 Å². The molecule has 156 valence electrons. The Bertz CT molecular complexity index is 681. The molecule has 1 N–H and O–H groups in total. The number of nitrogens with one attached hydrogen (secondary N) is 1. The lowest BCUT2D eigenvalue weighted by Gasteiger charge is -1.99. The molecule has 1 amide bonds. The summed E-state index contributed by atoms with van der Waals surface area (Å²) in [5, 5.41) is 0. The Labute approximate surface area is 171 Å². The molecule has 0 saturated heterocycles. The molecule has 0 saturated carbocycles. The summed E-state index contributed by atoms with van der Waals surface area (Å²) in [6, 6.07) is 0. The molecule has 5 heteroatoms. The van der Waals surface area contributed by atoms with E-state index in [1.807, 2.05) is 16.9 Å². The van der Waals surface area contributed by atoms with Crippen LogP contribution in [0.1, 0.15) is 58.3 Å². The SMILES string of the molecule is CC/C=C\C/C=C\C/C=C\C/C=C\C/C=C\C/C=C\CCC(=O)NS(C)(=O)=O. The molecule has 0 aromatic carbocycles. The van der Waals surface area contributed by atoms with Crippen molar-refractivity contribution in [3.05, 3.63) is 72.9 Å². The lowest BCUT2D eigenvalue weighted by molar-refractivity contribution is -0.119. The van der Waals surface area contributed by atoms with E-state index >= 15 is 0 Å². The molecule has 0 radical (unpaired) electrons. The summed E-state index contributed by atoms with van der Waals surface area (Å²) >= 11 is 0. The molecule has 0 aliphatic rings. The standard InChI is InChI=1S/C23H35NO3S/c1-3-4-5-6-7-8-9-10-11-12-13-14-15-16-17-18-19-20-21-22-23(25)24-28(2,26)27/h4-5,7-8,10-11,13-14,16-17,19-20H,3,6,9,12,15,18,21-22H2,1-2H3,(H,24,25)/b5-4-,8-7-,11-10-,14-13-,17-16-,20-19-. The molecule has 0 fully saturated rings. The molecule has 0 aliphatic heterocycles. The first-order valence-corrected chi connectivity index (χ1v) is 11.8. The van der Waals surface area contributed by atoms with Crippen LogP contribution in [0.4, 0.5) is 0 Å². The third-order valence-corrected chi connectivity index (χ3v) is 4.03. The van der Waals surface area contributed by atoms with Crippen LogP contribution in [-0.2, 0) is 14.8 Å². The first-order valence-electron chi connectivity index (χ1n) is 9.86. The van der Waals surface area contributed by atoms with Crippen molar-refractivity contribution in [3.63, 3.8) is 0 Å². The maximum atomic E-state index is 11.3. The average molecular weight is 406 g/mol. The van der Waals surface area contributed by atoms with Gasteiger partial charge in [0.25, 0.3) is 0 Å². The Morgan fingerprint density at radius 3 is 1.39 bits per heavy atom. The molecule has 0 atom stereocenters. The average Bonchev–Trinajstić information content (AvgIpc) is 2.62. The fourth-order valence-electron chi connectivity index (χ4n) is 2.11. The number of rotatable bonds is 15. The van der Waals surface area contributed by atoms with Gasteiger partial charge in [0.05, 0.1) is 6.26 Å². The highest BCUT2D eigenvalue weighted by Gasteiger charge is 2.06. The van der Waals surface area contributed by atoms with Crippen molar-refractivity contribution in [3.8, 4) is 0 Å². The van der Waals surface area contributed by atoms with Gasteiger partial charge in [0.15, 0.2) is 0 Å². The van der Waals surface area contributed by atoms with E-state index in [9.17, 15) is 13.2 Å². The number of sulfonamides is 1. The molecular weight excluding hydrogens is 370 g/mol. The summed E-state index contributed by atoms with van der Waals surface area (Å²) in [5.41, 5.74) is 0. The minimum Gasteiger partial charge on any atom is -0.274 e. The molecule has 0 aromatic heterocycles. The quantitative estimate of drug-likeness (QED) is 0.364. The largest absolute Gasteiger partial charge is 0.274 e. The van der Waals surface area contributed by atoms with E-state index < -0.39 is 15.9 Å². The van der Waals surface area contributed by atoms with E-state index in [4.69, 9.17) is 0 Å². The third-order valence-electron chi connectivity index (χ3n) is 3.43. The normalized spacial score (nSPS) is 13.4. The van der Waals surface area contributed by atoms with Crippen LogP contribution in [0.5, 0.6) is 0 Å². The summed E-state index contributed by atoms with van der Waals surface area (Å²) < 4.78 is 23.7. The maximum Gasteiger partial charge on any atom is 0.233 e. The molecule has 4 nitrogen and oxygen atoms in total. The van der Waals surface area contributed by atoms with Crippen molar-refractivity contribution in [2.75, 3.05) is 6.26 Å². The van der Waals surface area contributed by atoms with Gasteiger partial charge in [-0.3, -0.25) is 9.52 Å². The first-order chi connectivity index (χ1) is 13.5. The van der Waals surface area contributed by atoms with Gasteiger partial charge in [-0.15, -0.1) is 0 Å². The summed E-state index contributed by atoms with van der Waals surface area (Å²) in [6.07, 6.45) is 32.9. The van der Waals surface area contributed by atoms with Crippen molar-refractivity contribution in [2.24, 2.45) is 0 Å². The molecule has 0 spiro atoms. The van der Waals surface area contributed by atoms with E-state index in [-0.39, 0.29) is 6.42 Å². The Hall–Kier alpha value is -2.14. The lowest BCUT2D eigenvalue weighted by Crippen LogP contribution is -2.28. The second-order valence-corrected chi connectivity index (χ2v) is 8.00. The summed E-state index contributed by atoms with van der Waals surface area (Å²) in [4.78, 5) is 11.3. The van der Waals surface area contributed by atoms with Crippen LogP contribution < -0.4 is 4.72 Å². The number of carbonyl (C=O) groups is 1. The van der Waals surface area contributed by atoms with E-state index in [0.29, 0.717) is 6.42 Å². The van der Waals surface area contributed by atoms with Gasteiger partial charge in [-0.25, -0.2) is 8.42 Å². The van der Waals surface area contributed by atoms with Gasteiger partial charge in [0.2, 0.25) is 15.9 Å². The highest BCUT2D eigenvalue weighted by molar-refractivity contribution is 7.89. The zero-order chi connectivity index (χ0) is 20.9. The monoisotopic (exact) mass is 405 g/mol. The second kappa shape index (κ2) is 18.2. The molecule has 0 aliphatic carbocycles. The minimum atomic E-state index is -3.45. The maximum absolute atomic E-state index is 11.3. The topological polar surface area (TPSA) is 63.2 Å². The molecule has 0 bridgehead atoms. The van der Waals surface area contributed by atoms with Crippen LogP contribution in [0.25, 0.3) is 0 Å². The number of amides is 1. The number of allylic oxidation sites excluding steroid dienone is 12. The number of carbonyl (C=O) groups excluding carboxylic acids is 1. The zero-order valence-corrected chi connectivity index (χ0v) is 18.0. The van der Waals surface area contributed by atoms with Gasteiger partial charge in [-0.05, 0) is 44.9 Å². The van der Waals surface area contributed by atoms with E-state index in [1.165, 1.54) is 0 Å². The van der Waals surface area contributed by atoms with Crippen LogP contribution >= 0.6 is 0 Å². The fourth-order valence-corrected chi connectivity index (χ4v) is 2.63. The predicted molar refractivity (Wildman–Crippen MR) is 120 cm³/mol. The van der Waals surface area contributed by atoms with Crippen molar-refractivity contribution in [2.45, 2.75) is 58.3 Å². The molecule has 0 aromatic rings. The van der Waals surface area contributed by atoms with Gasteiger partial charge in [-0.2, -0.15) is 0 Å². The molecule has 0 heterocycles. The van der Waals surface area contributed by atoms with Crippen molar-refractivity contribution in [1.82, 2.24) is 4.72 Å². The van der Waals surface area contributed by atoms with Crippen LogP contribution in [0.15, 0.2) is 72.9 Å². The number of hydrogen-bond acceptors (Lipinski definition) is 3. The summed E-state index contributed by atoms with van der Waals surface area (Å²) in [6.45, 7) is 2.14. The molecule has 28 heavy (non-hydrogen) atoms. The van der Waals surface area contributed by atoms with Gasteiger partial charge in [-0.1, -0.05) is 79.8 Å². The summed E-state index contributed by atoms with van der Waals surface area (Å²) in [7, 11) is -3.45. The van der Waals surface area contributed by atoms with Crippen LogP contribution in [-0.4, -0.2) is 20.6 Å². The molecule has 0 unspecified atom stereocenters. The Morgan fingerprint density at radius 2 is 1.04 bits per heavy atom. The van der Waals surface area contributed by atoms with Gasteiger partial charge in [0, 0.05) is 6.42 Å². The predicted octanol–water partition coefficient (Wildman–Crippen LogP) is 5.54. The second-order valence-electron chi connectivity index (χ2n) is 6.25. The minimum absolute atomic E-state index is 0.176. The van der Waals surface area contributed by atoms with Crippen LogP contribution in [0.3, 0.4) is 0 Å². The van der Waals surface area contributed by atoms with Gasteiger partial charge < -0.3 is 0 Å². The Kier molecular flexibility index (Phi) is 16.8. The number of hydrogen-bond donors (Lipinski definition) is 1. The van der Waals surface area contributed by atoms with Crippen LogP contribution in [0.2, 0.25) is 0 Å². The highest BCUT2D eigenvalue weighted by atomic mass is 32.2. The van der Waals surface area contributed by atoms with E-state index in [1.54, 1.807) is 0 Å². The smallest absolute Gasteiger partial charge is 0.233 e. The zero-order valence-electron chi connectivity index (χ0n) is 17.2. The molecular formula is C23H35NO3S. The fraction of sp³-hybridized carbons (Fsp3) is 0.435. The first kappa shape index (κ1) is 25.9. The molecule has 0 rings (SSSR count). The van der Waals surface area contributed by atoms with E-state index in [2.05, 4.69) is 67.7 Å². The van der Waals surface area contributed by atoms with Crippen molar-refractivity contribution in [1.29, 1.82) is 0 Å². The van der Waals surface area contributed by atoms with Gasteiger partial charge >= 0.3 is 0 Å². The van der Waals surface area contributed by atoms with Crippen LogP contribution in [0, 0.1) is 0 Å².